The van der Waals surface area contributed by atoms with Crippen LogP contribution in [0.4, 0.5) is 11.8 Å². The van der Waals surface area contributed by atoms with E-state index >= 15 is 0 Å². The highest BCUT2D eigenvalue weighted by molar-refractivity contribution is 7.13. The van der Waals surface area contributed by atoms with Crippen molar-refractivity contribution in [3.63, 3.8) is 0 Å². The van der Waals surface area contributed by atoms with Gasteiger partial charge in [-0.3, -0.25) is 4.79 Å². The molecule has 0 amide bonds. The molecule has 3 rings (SSSR count). The van der Waals surface area contributed by atoms with Crippen molar-refractivity contribution >= 4 is 29.1 Å². The summed E-state index contributed by atoms with van der Waals surface area (Å²) < 4.78 is 5.79. The number of carboxylic acid groups (broad SMARTS) is 1. The average molecular weight is 385 g/mol. The summed E-state index contributed by atoms with van der Waals surface area (Å²) >= 11 is 1.46. The second kappa shape index (κ2) is 8.00. The number of nitrogens with zero attached hydrogens (tertiary/aromatic N) is 3. The Hall–Kier alpha value is -3.20. The van der Waals surface area contributed by atoms with Crippen molar-refractivity contribution in [3.05, 3.63) is 46.6 Å². The van der Waals surface area contributed by atoms with E-state index in [1.54, 1.807) is 6.07 Å². The molecule has 0 aliphatic heterocycles. The predicted molar refractivity (Wildman–Crippen MR) is 103 cm³/mol. The number of carboxylic acids is 1. The lowest BCUT2D eigenvalue weighted by atomic mass is 10.1. The molecule has 0 aliphatic carbocycles. The second-order valence-electron chi connectivity index (χ2n) is 5.80. The van der Waals surface area contributed by atoms with Crippen LogP contribution in [0, 0.1) is 0 Å². The van der Waals surface area contributed by atoms with E-state index in [9.17, 15) is 4.79 Å². The monoisotopic (exact) mass is 385 g/mol. The number of nitrogens with two attached hydrogens (primary N) is 2. The average Bonchev–Trinajstić information content (AvgIpc) is 3.09. The first-order valence-electron chi connectivity index (χ1n) is 8.26. The van der Waals surface area contributed by atoms with Crippen LogP contribution in [-0.4, -0.2) is 26.0 Å². The minimum Gasteiger partial charge on any atom is -0.481 e. The summed E-state index contributed by atoms with van der Waals surface area (Å²) in [5.41, 5.74) is 14.5. The fourth-order valence-electron chi connectivity index (χ4n) is 2.57. The maximum atomic E-state index is 10.9. The zero-order valence-electron chi connectivity index (χ0n) is 14.7. The molecule has 0 spiro atoms. The van der Waals surface area contributed by atoms with Gasteiger partial charge in [-0.1, -0.05) is 25.1 Å². The molecule has 0 unspecified atom stereocenters. The molecule has 2 aromatic heterocycles. The molecule has 0 aliphatic rings. The van der Waals surface area contributed by atoms with Gasteiger partial charge in [0.1, 0.15) is 11.6 Å². The Balaban J connectivity index is 1.75. The number of nitrogen functional groups attached to an aromatic ring is 2. The Bertz CT molecular complexity index is 973. The molecule has 0 fully saturated rings. The highest BCUT2D eigenvalue weighted by Crippen LogP contribution is 2.28. The number of aliphatic carboxylic acids is 1. The van der Waals surface area contributed by atoms with E-state index in [-0.39, 0.29) is 24.8 Å². The molecular weight excluding hydrogens is 366 g/mol. The zero-order valence-corrected chi connectivity index (χ0v) is 15.5. The minimum absolute atomic E-state index is 0.0224. The number of aryl methyl sites for hydroxylation is 1. The molecule has 8 nitrogen and oxygen atoms in total. The van der Waals surface area contributed by atoms with Gasteiger partial charge in [0.25, 0.3) is 0 Å². The number of anilines is 2. The summed E-state index contributed by atoms with van der Waals surface area (Å²) in [5.74, 6) is -0.120. The first-order valence-corrected chi connectivity index (χ1v) is 9.14. The Morgan fingerprint density at radius 3 is 2.81 bits per heavy atom. The smallest absolute Gasteiger partial charge is 0.307 e. The van der Waals surface area contributed by atoms with Crippen molar-refractivity contribution < 1.29 is 14.6 Å². The number of hydrogen-bond donors (Lipinski definition) is 3. The van der Waals surface area contributed by atoms with Gasteiger partial charge in [-0.25, -0.2) is 9.97 Å². The van der Waals surface area contributed by atoms with Crippen LogP contribution in [0.15, 0.2) is 29.6 Å². The van der Waals surface area contributed by atoms with Crippen LogP contribution in [0.3, 0.4) is 0 Å². The fourth-order valence-corrected chi connectivity index (χ4v) is 3.38. The maximum Gasteiger partial charge on any atom is 0.307 e. The molecule has 0 radical (unpaired) electrons. The van der Waals surface area contributed by atoms with Crippen molar-refractivity contribution in [2.24, 2.45) is 0 Å². The SMILES string of the molecule is CCc1nc(N)nc(N)c1OCc1csc(-c2cccc(CC(=O)O)c2)n1. The van der Waals surface area contributed by atoms with Crippen LogP contribution in [0.1, 0.15) is 23.9 Å². The van der Waals surface area contributed by atoms with E-state index in [4.69, 9.17) is 21.3 Å². The predicted octanol–water partition coefficient (Wildman–Crippen LogP) is 2.53. The molecule has 140 valence electrons. The number of hydrogen-bond acceptors (Lipinski definition) is 8. The fraction of sp³-hybridized carbons (Fsp3) is 0.222. The molecule has 0 saturated heterocycles. The normalized spacial score (nSPS) is 10.7. The molecule has 5 N–H and O–H groups in total. The van der Waals surface area contributed by atoms with Gasteiger partial charge in [0.05, 0.1) is 17.8 Å². The molecule has 0 bridgehead atoms. The van der Waals surface area contributed by atoms with E-state index in [2.05, 4.69) is 15.0 Å². The van der Waals surface area contributed by atoms with E-state index in [1.165, 1.54) is 11.3 Å². The Morgan fingerprint density at radius 1 is 1.26 bits per heavy atom. The molecule has 3 aromatic rings. The quantitative estimate of drug-likeness (QED) is 0.564. The highest BCUT2D eigenvalue weighted by atomic mass is 32.1. The standard InChI is InChI=1S/C18H19N5O3S/c1-2-13-15(16(19)23-18(20)22-13)26-8-12-9-27-17(21-12)11-5-3-4-10(6-11)7-14(24)25/h3-6,9H,2,7-8H2,1H3,(H,24,25)(H4,19,20,22,23). The number of carbonyl (C=O) groups is 1. The third kappa shape index (κ3) is 4.50. The van der Waals surface area contributed by atoms with Crippen molar-refractivity contribution in [2.75, 3.05) is 11.5 Å². The van der Waals surface area contributed by atoms with Crippen molar-refractivity contribution in [1.29, 1.82) is 0 Å². The number of thiazole rings is 1. The number of benzene rings is 1. The summed E-state index contributed by atoms with van der Waals surface area (Å²) in [4.78, 5) is 23.5. The van der Waals surface area contributed by atoms with Gasteiger partial charge in [0.2, 0.25) is 5.95 Å². The Labute approximate surface area is 159 Å². The largest absolute Gasteiger partial charge is 0.481 e. The molecule has 0 saturated carbocycles. The third-order valence-corrected chi connectivity index (χ3v) is 4.70. The number of rotatable bonds is 7. The molecule has 2 heterocycles. The van der Waals surface area contributed by atoms with Gasteiger partial charge in [-0.2, -0.15) is 4.98 Å². The summed E-state index contributed by atoms with van der Waals surface area (Å²) in [5, 5.41) is 11.6. The van der Waals surface area contributed by atoms with Crippen LogP contribution in [0.2, 0.25) is 0 Å². The number of aromatic nitrogens is 3. The molecular formula is C18H19N5O3S. The Morgan fingerprint density at radius 2 is 2.07 bits per heavy atom. The lowest BCUT2D eigenvalue weighted by Gasteiger charge is -2.11. The second-order valence-corrected chi connectivity index (χ2v) is 6.66. The van der Waals surface area contributed by atoms with E-state index < -0.39 is 5.97 Å². The lowest BCUT2D eigenvalue weighted by Crippen LogP contribution is -2.08. The van der Waals surface area contributed by atoms with Gasteiger partial charge < -0.3 is 21.3 Å². The van der Waals surface area contributed by atoms with Crippen LogP contribution in [-0.2, 0) is 24.2 Å². The maximum absolute atomic E-state index is 10.9. The molecule has 0 atom stereocenters. The van der Waals surface area contributed by atoms with E-state index in [0.717, 1.165) is 21.8 Å². The third-order valence-electron chi connectivity index (χ3n) is 3.76. The van der Waals surface area contributed by atoms with Crippen molar-refractivity contribution in [1.82, 2.24) is 15.0 Å². The minimum atomic E-state index is -0.865. The first-order chi connectivity index (χ1) is 13.0. The summed E-state index contributed by atoms with van der Waals surface area (Å²) in [6.45, 7) is 2.15. The van der Waals surface area contributed by atoms with E-state index in [0.29, 0.717) is 17.9 Å². The van der Waals surface area contributed by atoms with Gasteiger partial charge in [-0.05, 0) is 18.1 Å². The van der Waals surface area contributed by atoms with Gasteiger partial charge in [0, 0.05) is 10.9 Å². The lowest BCUT2D eigenvalue weighted by molar-refractivity contribution is -0.136. The van der Waals surface area contributed by atoms with Crippen LogP contribution in [0.5, 0.6) is 5.75 Å². The first kappa shape index (κ1) is 18.6. The van der Waals surface area contributed by atoms with Gasteiger partial charge in [0.15, 0.2) is 11.6 Å². The van der Waals surface area contributed by atoms with Crippen molar-refractivity contribution in [2.45, 2.75) is 26.4 Å². The topological polar surface area (TPSA) is 137 Å². The van der Waals surface area contributed by atoms with Crippen LogP contribution in [0.25, 0.3) is 10.6 Å². The zero-order chi connectivity index (χ0) is 19.4. The summed E-state index contributed by atoms with van der Waals surface area (Å²) in [7, 11) is 0. The Kier molecular flexibility index (Phi) is 5.51. The number of ether oxygens (including phenoxy) is 1. The van der Waals surface area contributed by atoms with Crippen molar-refractivity contribution in [3.8, 4) is 16.3 Å². The molecule has 9 heteroatoms. The van der Waals surface area contributed by atoms with E-state index in [1.807, 2.05) is 30.5 Å². The summed E-state index contributed by atoms with van der Waals surface area (Å²) in [6, 6.07) is 7.34. The highest BCUT2D eigenvalue weighted by Gasteiger charge is 2.13. The molecule has 1 aromatic carbocycles. The molecule has 27 heavy (non-hydrogen) atoms. The van der Waals surface area contributed by atoms with Gasteiger partial charge >= 0.3 is 5.97 Å². The summed E-state index contributed by atoms with van der Waals surface area (Å²) in [6.07, 6.45) is 0.594. The van der Waals surface area contributed by atoms with Crippen LogP contribution >= 0.6 is 11.3 Å². The van der Waals surface area contributed by atoms with Crippen LogP contribution < -0.4 is 16.2 Å². The van der Waals surface area contributed by atoms with Gasteiger partial charge in [-0.15, -0.1) is 11.3 Å².